The highest BCUT2D eigenvalue weighted by atomic mass is 19.1. The van der Waals surface area contributed by atoms with E-state index in [9.17, 15) is 19.6 Å². The number of nitrogens with zero attached hydrogens (tertiary/aromatic N) is 3. The topological polar surface area (TPSA) is 113 Å². The molecule has 0 unspecified atom stereocenters. The third-order valence-corrected chi connectivity index (χ3v) is 4.53. The van der Waals surface area contributed by atoms with Gasteiger partial charge in [-0.05, 0) is 18.1 Å². The highest BCUT2D eigenvalue weighted by Crippen LogP contribution is 2.27. The maximum atomic E-state index is 13.6. The van der Waals surface area contributed by atoms with Gasteiger partial charge >= 0.3 is 5.69 Å². The first-order valence-electron chi connectivity index (χ1n) is 9.40. The van der Waals surface area contributed by atoms with Crippen LogP contribution in [0.2, 0.25) is 0 Å². The summed E-state index contributed by atoms with van der Waals surface area (Å²) in [5.41, 5.74) is 1.15. The van der Waals surface area contributed by atoms with E-state index in [0.29, 0.717) is 23.1 Å². The van der Waals surface area contributed by atoms with Crippen LogP contribution in [0.3, 0.4) is 0 Å². The number of benzene rings is 2. The number of aliphatic hydroxyl groups excluding tert-OH is 1. The molecule has 0 aliphatic rings. The lowest BCUT2D eigenvalue weighted by atomic mass is 10.1. The first-order valence-corrected chi connectivity index (χ1v) is 9.40. The molecule has 0 amide bonds. The summed E-state index contributed by atoms with van der Waals surface area (Å²) >= 11 is 0. The highest BCUT2D eigenvalue weighted by molar-refractivity contribution is 5.68. The lowest BCUT2D eigenvalue weighted by molar-refractivity contribution is -0.387. The molecular weight excluding hydrogens is 389 g/mol. The monoisotopic (exact) mass is 411 g/mol. The van der Waals surface area contributed by atoms with Gasteiger partial charge in [-0.2, -0.15) is 9.37 Å². The van der Waals surface area contributed by atoms with E-state index in [1.54, 1.807) is 6.07 Å². The minimum absolute atomic E-state index is 0.0937. The van der Waals surface area contributed by atoms with Crippen LogP contribution in [-0.4, -0.2) is 32.6 Å². The average molecular weight is 411 g/mol. The quantitative estimate of drug-likeness (QED) is 0.373. The van der Waals surface area contributed by atoms with Gasteiger partial charge in [0.25, 0.3) is 0 Å². The van der Waals surface area contributed by atoms with Crippen molar-refractivity contribution in [3.63, 3.8) is 0 Å². The molecule has 1 atom stereocenters. The predicted molar refractivity (Wildman–Crippen MR) is 113 cm³/mol. The van der Waals surface area contributed by atoms with Crippen LogP contribution in [0.25, 0.3) is 11.3 Å². The molecule has 0 saturated heterocycles. The molecule has 156 valence electrons. The summed E-state index contributed by atoms with van der Waals surface area (Å²) in [6.07, 6.45) is 0. The highest BCUT2D eigenvalue weighted by Gasteiger charge is 2.17. The molecule has 3 N–H and O–H groups in total. The van der Waals surface area contributed by atoms with E-state index < -0.39 is 16.4 Å². The van der Waals surface area contributed by atoms with Crippen LogP contribution in [0, 0.1) is 21.8 Å². The Hall–Kier alpha value is -3.59. The van der Waals surface area contributed by atoms with Crippen LogP contribution < -0.4 is 10.6 Å². The lowest BCUT2D eigenvalue weighted by Gasteiger charge is -2.20. The molecule has 1 aromatic heterocycles. The standard InChI is InChI=1S/C21H22FN5O3/c1-13(2)18(12-28)25-21-24-17(14-6-4-3-5-7-14)11-20(26-21)23-15-8-9-16(22)19(10-15)27(29)30/h3-11,13,18,28H,12H2,1-2H3,(H2,23,24,25,26)/t18-/m1/s1. The zero-order valence-corrected chi connectivity index (χ0v) is 16.5. The summed E-state index contributed by atoms with van der Waals surface area (Å²) in [4.78, 5) is 19.2. The van der Waals surface area contributed by atoms with Crippen LogP contribution in [0.4, 0.5) is 27.5 Å². The van der Waals surface area contributed by atoms with Crippen molar-refractivity contribution in [2.75, 3.05) is 17.2 Å². The van der Waals surface area contributed by atoms with Gasteiger partial charge in [0.1, 0.15) is 5.82 Å². The van der Waals surface area contributed by atoms with Crippen LogP contribution in [-0.2, 0) is 0 Å². The Balaban J connectivity index is 1.99. The molecule has 0 bridgehead atoms. The maximum absolute atomic E-state index is 13.6. The number of aliphatic hydroxyl groups is 1. The number of rotatable bonds is 8. The third-order valence-electron chi connectivity index (χ3n) is 4.53. The molecule has 0 spiro atoms. The molecule has 0 radical (unpaired) electrons. The van der Waals surface area contributed by atoms with Crippen molar-refractivity contribution in [2.45, 2.75) is 19.9 Å². The summed E-state index contributed by atoms with van der Waals surface area (Å²) in [7, 11) is 0. The molecule has 2 aromatic carbocycles. The number of hydrogen-bond donors (Lipinski definition) is 3. The summed E-state index contributed by atoms with van der Waals surface area (Å²) < 4.78 is 13.6. The smallest absolute Gasteiger partial charge is 0.306 e. The van der Waals surface area contributed by atoms with E-state index in [1.807, 2.05) is 44.2 Å². The lowest BCUT2D eigenvalue weighted by Crippen LogP contribution is -2.30. The van der Waals surface area contributed by atoms with Crippen molar-refractivity contribution in [2.24, 2.45) is 5.92 Å². The van der Waals surface area contributed by atoms with Crippen molar-refractivity contribution in [1.82, 2.24) is 9.97 Å². The molecule has 0 aliphatic heterocycles. The number of aromatic nitrogens is 2. The maximum Gasteiger partial charge on any atom is 0.306 e. The minimum atomic E-state index is -0.914. The van der Waals surface area contributed by atoms with Crippen molar-refractivity contribution >= 4 is 23.1 Å². The number of nitrogens with one attached hydrogen (secondary N) is 2. The normalized spacial score (nSPS) is 11.9. The Morgan fingerprint density at radius 3 is 2.50 bits per heavy atom. The number of anilines is 3. The molecule has 0 fully saturated rings. The van der Waals surface area contributed by atoms with E-state index in [4.69, 9.17) is 0 Å². The largest absolute Gasteiger partial charge is 0.394 e. The molecule has 30 heavy (non-hydrogen) atoms. The predicted octanol–water partition coefficient (Wildman–Crippen LogP) is 4.36. The molecule has 0 saturated carbocycles. The van der Waals surface area contributed by atoms with Gasteiger partial charge in [-0.15, -0.1) is 0 Å². The second-order valence-electron chi connectivity index (χ2n) is 7.05. The number of halogens is 1. The van der Waals surface area contributed by atoms with E-state index in [0.717, 1.165) is 17.7 Å². The van der Waals surface area contributed by atoms with E-state index in [2.05, 4.69) is 20.6 Å². The van der Waals surface area contributed by atoms with Crippen LogP contribution >= 0.6 is 0 Å². The second-order valence-corrected chi connectivity index (χ2v) is 7.05. The zero-order chi connectivity index (χ0) is 21.7. The molecule has 1 heterocycles. The fourth-order valence-corrected chi connectivity index (χ4v) is 2.80. The van der Waals surface area contributed by atoms with E-state index in [1.165, 1.54) is 6.07 Å². The molecule has 3 aromatic rings. The SMILES string of the molecule is CC(C)[C@@H](CO)Nc1nc(Nc2ccc(F)c([N+](=O)[O-])c2)cc(-c2ccccc2)n1. The van der Waals surface area contributed by atoms with Gasteiger partial charge in [-0.1, -0.05) is 44.2 Å². The van der Waals surface area contributed by atoms with Gasteiger partial charge in [0, 0.05) is 23.4 Å². The van der Waals surface area contributed by atoms with E-state index >= 15 is 0 Å². The number of hydrogen-bond acceptors (Lipinski definition) is 7. The van der Waals surface area contributed by atoms with Crippen LogP contribution in [0.15, 0.2) is 54.6 Å². The van der Waals surface area contributed by atoms with Crippen molar-refractivity contribution in [3.05, 3.63) is 70.5 Å². The van der Waals surface area contributed by atoms with Crippen molar-refractivity contribution in [1.29, 1.82) is 0 Å². The average Bonchev–Trinajstić information content (AvgIpc) is 2.73. The van der Waals surface area contributed by atoms with Gasteiger partial charge in [0.2, 0.25) is 11.8 Å². The minimum Gasteiger partial charge on any atom is -0.394 e. The zero-order valence-electron chi connectivity index (χ0n) is 16.5. The number of nitro benzene ring substituents is 1. The summed E-state index contributed by atoms with van der Waals surface area (Å²) in [6.45, 7) is 3.83. The Morgan fingerprint density at radius 1 is 1.13 bits per heavy atom. The Kier molecular flexibility index (Phi) is 6.53. The van der Waals surface area contributed by atoms with Crippen molar-refractivity contribution < 1.29 is 14.4 Å². The Bertz CT molecular complexity index is 1030. The Morgan fingerprint density at radius 2 is 1.87 bits per heavy atom. The first kappa shape index (κ1) is 21.1. The van der Waals surface area contributed by atoms with Gasteiger partial charge in [0.05, 0.1) is 23.3 Å². The molecule has 8 nitrogen and oxygen atoms in total. The Labute approximate surface area is 173 Å². The van der Waals surface area contributed by atoms with Crippen molar-refractivity contribution in [3.8, 4) is 11.3 Å². The van der Waals surface area contributed by atoms with Crippen LogP contribution in [0.1, 0.15) is 13.8 Å². The summed E-state index contributed by atoms with van der Waals surface area (Å²) in [5, 5.41) is 26.7. The molecule has 9 heteroatoms. The van der Waals surface area contributed by atoms with Gasteiger partial charge in [-0.25, -0.2) is 4.98 Å². The second kappa shape index (κ2) is 9.27. The van der Waals surface area contributed by atoms with E-state index in [-0.39, 0.29) is 18.6 Å². The van der Waals surface area contributed by atoms with Crippen LogP contribution in [0.5, 0.6) is 0 Å². The van der Waals surface area contributed by atoms with Gasteiger partial charge in [0.15, 0.2) is 0 Å². The van der Waals surface area contributed by atoms with Gasteiger partial charge < -0.3 is 15.7 Å². The van der Waals surface area contributed by atoms with Gasteiger partial charge in [-0.3, -0.25) is 10.1 Å². The fraction of sp³-hybridized carbons (Fsp3) is 0.238. The fourth-order valence-electron chi connectivity index (χ4n) is 2.80. The first-order chi connectivity index (χ1) is 14.4. The molecule has 0 aliphatic carbocycles. The molecular formula is C21H22FN5O3. The molecule has 3 rings (SSSR count). The third kappa shape index (κ3) is 5.06. The summed E-state index contributed by atoms with van der Waals surface area (Å²) in [6, 6.07) is 14.4. The number of nitro groups is 1. The summed E-state index contributed by atoms with van der Waals surface area (Å²) in [5.74, 6) is -0.116.